The van der Waals surface area contributed by atoms with Gasteiger partial charge in [-0.3, -0.25) is 19.2 Å². The number of hydrogen-bond donors (Lipinski definition) is 3. The van der Waals surface area contributed by atoms with Crippen LogP contribution < -0.4 is 16.1 Å². The van der Waals surface area contributed by atoms with Crippen LogP contribution in [0.3, 0.4) is 0 Å². The number of benzene rings is 1. The molecule has 0 spiro atoms. The minimum atomic E-state index is -1.12. The number of amides is 3. The molecule has 1 aromatic carbocycles. The molecule has 10 heteroatoms. The molecule has 0 aromatic heterocycles. The Labute approximate surface area is 210 Å². The maximum absolute atomic E-state index is 13.6. The van der Waals surface area contributed by atoms with Gasteiger partial charge >= 0.3 is 5.91 Å². The standard InChI is InChI=1S/C25H35N5O4S/c1-17(2)16-19(20(31)22(33)28-29-24-30(3)14-15-35-24)26-23(34)25(12-8-5-9-13-25)27-21(32)18-10-6-4-7-11-18/h4,6-7,10-11,17,19H,5,8-9,12-16H2,1-3H3,(H,26,34)(H,27,32)(H,28,33). The predicted molar refractivity (Wildman–Crippen MR) is 137 cm³/mol. The van der Waals surface area contributed by atoms with Crippen LogP contribution in [0.15, 0.2) is 35.4 Å². The largest absolute Gasteiger partial charge is 0.352 e. The van der Waals surface area contributed by atoms with E-state index >= 15 is 0 Å². The molecule has 2 fully saturated rings. The van der Waals surface area contributed by atoms with Gasteiger partial charge in [-0.2, -0.15) is 0 Å². The molecule has 0 bridgehead atoms. The van der Waals surface area contributed by atoms with Crippen LogP contribution >= 0.6 is 11.8 Å². The maximum Gasteiger partial charge on any atom is 0.309 e. The number of thioether (sulfide) groups is 1. The molecule has 3 N–H and O–H groups in total. The first-order valence-electron chi connectivity index (χ1n) is 12.2. The predicted octanol–water partition coefficient (Wildman–Crippen LogP) is 2.29. The van der Waals surface area contributed by atoms with Crippen molar-refractivity contribution in [2.45, 2.75) is 64.0 Å². The third-order valence-electron chi connectivity index (χ3n) is 6.32. The number of carbonyl (C=O) groups excluding carboxylic acids is 4. The van der Waals surface area contributed by atoms with Crippen molar-refractivity contribution in [3.8, 4) is 0 Å². The number of rotatable bonds is 9. The summed E-state index contributed by atoms with van der Waals surface area (Å²) in [5.74, 6) is -1.45. The molecule has 3 rings (SSSR count). The van der Waals surface area contributed by atoms with E-state index in [4.69, 9.17) is 0 Å². The van der Waals surface area contributed by atoms with Gasteiger partial charge < -0.3 is 15.5 Å². The molecular weight excluding hydrogens is 466 g/mol. The molecule has 2 aliphatic rings. The Balaban J connectivity index is 1.74. The fourth-order valence-electron chi connectivity index (χ4n) is 4.35. The van der Waals surface area contributed by atoms with Gasteiger partial charge in [0.25, 0.3) is 5.91 Å². The fourth-order valence-corrected chi connectivity index (χ4v) is 5.32. The third kappa shape index (κ3) is 7.06. The summed E-state index contributed by atoms with van der Waals surface area (Å²) in [6.07, 6.45) is 3.79. The van der Waals surface area contributed by atoms with Gasteiger partial charge in [-0.05, 0) is 37.3 Å². The molecule has 1 aliphatic heterocycles. The number of Topliss-reactive ketones (excluding diaryl/α,β-unsaturated/α-hetero) is 1. The van der Waals surface area contributed by atoms with Crippen LogP contribution in [0.2, 0.25) is 0 Å². The summed E-state index contributed by atoms with van der Waals surface area (Å²) < 4.78 is 0. The Bertz CT molecular complexity index is 960. The lowest BCUT2D eigenvalue weighted by Crippen LogP contribution is -2.62. The van der Waals surface area contributed by atoms with E-state index in [1.807, 2.05) is 31.9 Å². The molecule has 1 aromatic rings. The van der Waals surface area contributed by atoms with Crippen molar-refractivity contribution in [1.82, 2.24) is 21.0 Å². The number of nitrogens with zero attached hydrogens (tertiary/aromatic N) is 2. The van der Waals surface area contributed by atoms with Gasteiger partial charge in [0.05, 0.1) is 6.04 Å². The molecule has 3 amide bonds. The van der Waals surface area contributed by atoms with Gasteiger partial charge in [0.15, 0.2) is 5.17 Å². The molecule has 0 radical (unpaired) electrons. The van der Waals surface area contributed by atoms with E-state index in [0.29, 0.717) is 30.0 Å². The fraction of sp³-hybridized carbons (Fsp3) is 0.560. The van der Waals surface area contributed by atoms with Crippen LogP contribution in [0, 0.1) is 5.92 Å². The van der Waals surface area contributed by atoms with E-state index in [2.05, 4.69) is 21.2 Å². The van der Waals surface area contributed by atoms with Gasteiger partial charge in [-0.1, -0.05) is 63.1 Å². The van der Waals surface area contributed by atoms with Crippen LogP contribution in [-0.2, 0) is 14.4 Å². The lowest BCUT2D eigenvalue weighted by molar-refractivity contribution is -0.141. The summed E-state index contributed by atoms with van der Waals surface area (Å²) in [6, 6.07) is 7.74. The highest BCUT2D eigenvalue weighted by Gasteiger charge is 2.43. The zero-order valence-electron chi connectivity index (χ0n) is 20.6. The number of ketones is 1. The van der Waals surface area contributed by atoms with Crippen LogP contribution in [0.4, 0.5) is 0 Å². The first kappa shape index (κ1) is 26.7. The number of hydrazone groups is 1. The molecule has 35 heavy (non-hydrogen) atoms. The van der Waals surface area contributed by atoms with Crippen molar-refractivity contribution in [2.24, 2.45) is 11.0 Å². The quantitative estimate of drug-likeness (QED) is 0.353. The third-order valence-corrected chi connectivity index (χ3v) is 7.37. The van der Waals surface area contributed by atoms with E-state index in [1.165, 1.54) is 11.8 Å². The normalized spacial score (nSPS) is 19.3. The number of hydrogen-bond acceptors (Lipinski definition) is 6. The summed E-state index contributed by atoms with van der Waals surface area (Å²) in [4.78, 5) is 54.0. The molecule has 1 heterocycles. The molecule has 1 saturated carbocycles. The first-order chi connectivity index (χ1) is 16.7. The summed E-state index contributed by atoms with van der Waals surface area (Å²) in [6.45, 7) is 4.65. The van der Waals surface area contributed by atoms with Gasteiger partial charge in [0, 0.05) is 24.9 Å². The molecule has 1 atom stereocenters. The smallest absolute Gasteiger partial charge is 0.309 e. The molecule has 1 saturated heterocycles. The van der Waals surface area contributed by atoms with Crippen molar-refractivity contribution < 1.29 is 19.2 Å². The van der Waals surface area contributed by atoms with Crippen LogP contribution in [-0.4, -0.2) is 64.5 Å². The molecule has 1 aliphatic carbocycles. The molecular formula is C25H35N5O4S. The Morgan fingerprint density at radius 2 is 1.77 bits per heavy atom. The second-order valence-electron chi connectivity index (χ2n) is 9.59. The van der Waals surface area contributed by atoms with E-state index < -0.39 is 29.2 Å². The monoisotopic (exact) mass is 501 g/mol. The molecule has 1 unspecified atom stereocenters. The minimum Gasteiger partial charge on any atom is -0.352 e. The highest BCUT2D eigenvalue weighted by atomic mass is 32.2. The van der Waals surface area contributed by atoms with Crippen LogP contribution in [0.5, 0.6) is 0 Å². The first-order valence-corrected chi connectivity index (χ1v) is 13.1. The van der Waals surface area contributed by atoms with Crippen molar-refractivity contribution in [1.29, 1.82) is 0 Å². The van der Waals surface area contributed by atoms with Crippen molar-refractivity contribution in [2.75, 3.05) is 19.3 Å². The van der Waals surface area contributed by atoms with Gasteiger partial charge in [-0.15, -0.1) is 5.10 Å². The van der Waals surface area contributed by atoms with Crippen molar-refractivity contribution >= 4 is 40.4 Å². The summed E-state index contributed by atoms with van der Waals surface area (Å²) in [5.41, 5.74) is 1.68. The summed E-state index contributed by atoms with van der Waals surface area (Å²) >= 11 is 1.50. The topological polar surface area (TPSA) is 120 Å². The van der Waals surface area contributed by atoms with Crippen molar-refractivity contribution in [3.63, 3.8) is 0 Å². The SMILES string of the molecule is CC(C)CC(NC(=O)C1(NC(=O)c2ccccc2)CCCCC1)C(=O)C(=O)NN=C1SCCN1C. The zero-order valence-corrected chi connectivity index (χ0v) is 21.5. The number of carbonyl (C=O) groups is 4. The van der Waals surface area contributed by atoms with E-state index in [-0.39, 0.29) is 11.8 Å². The Morgan fingerprint density at radius 3 is 2.37 bits per heavy atom. The van der Waals surface area contributed by atoms with Crippen LogP contribution in [0.1, 0.15) is 62.7 Å². The molecule has 190 valence electrons. The lowest BCUT2D eigenvalue weighted by atomic mass is 9.80. The van der Waals surface area contributed by atoms with E-state index in [9.17, 15) is 19.2 Å². The summed E-state index contributed by atoms with van der Waals surface area (Å²) in [5, 5.41) is 10.5. The maximum atomic E-state index is 13.6. The van der Waals surface area contributed by atoms with Crippen molar-refractivity contribution in [3.05, 3.63) is 35.9 Å². The van der Waals surface area contributed by atoms with Crippen LogP contribution in [0.25, 0.3) is 0 Å². The highest BCUT2D eigenvalue weighted by Crippen LogP contribution is 2.29. The van der Waals surface area contributed by atoms with Gasteiger partial charge in [-0.25, -0.2) is 5.43 Å². The average molecular weight is 502 g/mol. The Morgan fingerprint density at radius 1 is 1.09 bits per heavy atom. The molecule has 9 nitrogen and oxygen atoms in total. The Hall–Kier alpha value is -2.88. The van der Waals surface area contributed by atoms with Gasteiger partial charge in [0.1, 0.15) is 5.54 Å². The van der Waals surface area contributed by atoms with Gasteiger partial charge in [0.2, 0.25) is 11.7 Å². The number of nitrogens with one attached hydrogen (secondary N) is 3. The zero-order chi connectivity index (χ0) is 25.4. The average Bonchev–Trinajstić information content (AvgIpc) is 3.26. The van der Waals surface area contributed by atoms with E-state index in [1.54, 1.807) is 24.3 Å². The highest BCUT2D eigenvalue weighted by molar-refractivity contribution is 8.14. The van der Waals surface area contributed by atoms with E-state index in [0.717, 1.165) is 31.6 Å². The number of amidine groups is 1. The summed E-state index contributed by atoms with van der Waals surface area (Å²) in [7, 11) is 1.86. The second kappa shape index (κ2) is 12.2. The minimum absolute atomic E-state index is 0.0566. The Kier molecular flexibility index (Phi) is 9.31. The second-order valence-corrected chi connectivity index (χ2v) is 10.7. The lowest BCUT2D eigenvalue weighted by Gasteiger charge is -2.37.